The number of aryl methyl sites for hydroxylation is 1. The SMILES string of the molecule is CC(=O)NC1CCN([C@@H]2CCC[C@@H](NC(=O)c3cc4c(F)ccc(C)c4[nH]3)C2)C1. The van der Waals surface area contributed by atoms with Crippen LogP contribution in [0.15, 0.2) is 18.2 Å². The van der Waals surface area contributed by atoms with E-state index in [-0.39, 0.29) is 29.7 Å². The molecule has 2 fully saturated rings. The molecule has 1 unspecified atom stereocenters. The van der Waals surface area contributed by atoms with E-state index in [0.717, 1.165) is 50.8 Å². The average Bonchev–Trinajstić information content (AvgIpc) is 3.33. The van der Waals surface area contributed by atoms with Crippen LogP contribution in [0, 0.1) is 12.7 Å². The Bertz CT molecular complexity index is 886. The van der Waals surface area contributed by atoms with Crippen LogP contribution < -0.4 is 10.6 Å². The van der Waals surface area contributed by atoms with Crippen molar-refractivity contribution in [2.75, 3.05) is 13.1 Å². The lowest BCUT2D eigenvalue weighted by atomic mass is 9.90. The minimum absolute atomic E-state index is 0.0237. The molecule has 6 nitrogen and oxygen atoms in total. The average molecular weight is 400 g/mol. The number of H-pyrrole nitrogens is 1. The van der Waals surface area contributed by atoms with Gasteiger partial charge >= 0.3 is 0 Å². The smallest absolute Gasteiger partial charge is 0.267 e. The molecular weight excluding hydrogens is 371 g/mol. The predicted molar refractivity (Wildman–Crippen MR) is 110 cm³/mol. The minimum Gasteiger partial charge on any atom is -0.352 e. The molecule has 1 aromatic carbocycles. The number of aromatic amines is 1. The van der Waals surface area contributed by atoms with E-state index < -0.39 is 0 Å². The van der Waals surface area contributed by atoms with Gasteiger partial charge in [-0.25, -0.2) is 4.39 Å². The standard InChI is InChI=1S/C22H29FN4O2/c1-13-6-7-19(23)18-11-20(26-21(13)18)22(29)25-15-4-3-5-17(10-15)27-9-8-16(12-27)24-14(2)28/h6-7,11,15-17,26H,3-5,8-10,12H2,1-2H3,(H,24,28)(H,25,29)/t15-,16?,17-/m1/s1. The van der Waals surface area contributed by atoms with Gasteiger partial charge in [0.2, 0.25) is 5.91 Å². The second-order valence-electron chi connectivity index (χ2n) is 8.51. The molecule has 1 saturated heterocycles. The first kappa shape index (κ1) is 19.9. The fourth-order valence-corrected chi connectivity index (χ4v) is 4.86. The molecule has 2 heterocycles. The highest BCUT2D eigenvalue weighted by molar-refractivity contribution is 5.99. The highest BCUT2D eigenvalue weighted by Crippen LogP contribution is 2.27. The van der Waals surface area contributed by atoms with Crippen LogP contribution in [0.3, 0.4) is 0 Å². The Morgan fingerprint density at radius 1 is 1.17 bits per heavy atom. The number of nitrogens with zero attached hydrogens (tertiary/aromatic N) is 1. The van der Waals surface area contributed by atoms with Crippen LogP contribution in [-0.2, 0) is 4.79 Å². The lowest BCUT2D eigenvalue weighted by Crippen LogP contribution is -2.46. The summed E-state index contributed by atoms with van der Waals surface area (Å²) < 4.78 is 14.1. The van der Waals surface area contributed by atoms with Crippen molar-refractivity contribution in [1.82, 2.24) is 20.5 Å². The molecule has 1 aromatic heterocycles. The molecule has 2 aromatic rings. The van der Waals surface area contributed by atoms with E-state index in [1.54, 1.807) is 19.1 Å². The van der Waals surface area contributed by atoms with Crippen LogP contribution in [0.2, 0.25) is 0 Å². The van der Waals surface area contributed by atoms with Gasteiger partial charge in [0.05, 0.1) is 5.52 Å². The third kappa shape index (κ3) is 4.29. The van der Waals surface area contributed by atoms with Crippen molar-refractivity contribution < 1.29 is 14.0 Å². The second-order valence-corrected chi connectivity index (χ2v) is 8.51. The number of likely N-dealkylation sites (tertiary alicyclic amines) is 1. The number of amides is 2. The summed E-state index contributed by atoms with van der Waals surface area (Å²) in [5, 5.41) is 6.61. The van der Waals surface area contributed by atoms with Crippen molar-refractivity contribution in [3.05, 3.63) is 35.3 Å². The van der Waals surface area contributed by atoms with Crippen LogP contribution in [0.5, 0.6) is 0 Å². The highest BCUT2D eigenvalue weighted by atomic mass is 19.1. The molecule has 156 valence electrons. The van der Waals surface area contributed by atoms with Gasteiger partial charge < -0.3 is 15.6 Å². The van der Waals surface area contributed by atoms with E-state index in [1.165, 1.54) is 6.07 Å². The van der Waals surface area contributed by atoms with Crippen LogP contribution >= 0.6 is 0 Å². The Hall–Kier alpha value is -2.41. The Kier molecular flexibility index (Phi) is 5.58. The first-order chi connectivity index (χ1) is 13.9. The van der Waals surface area contributed by atoms with E-state index in [9.17, 15) is 14.0 Å². The fourth-order valence-electron chi connectivity index (χ4n) is 4.86. The third-order valence-corrected chi connectivity index (χ3v) is 6.32. The molecule has 4 rings (SSSR count). The van der Waals surface area contributed by atoms with Crippen molar-refractivity contribution in [3.8, 4) is 0 Å². The van der Waals surface area contributed by atoms with Gasteiger partial charge in [-0.2, -0.15) is 0 Å². The first-order valence-electron chi connectivity index (χ1n) is 10.5. The Labute approximate surface area is 170 Å². The molecular formula is C22H29FN4O2. The number of hydrogen-bond donors (Lipinski definition) is 3. The first-order valence-corrected chi connectivity index (χ1v) is 10.5. The zero-order valence-corrected chi connectivity index (χ0v) is 17.1. The number of carbonyl (C=O) groups is 2. The molecule has 0 bridgehead atoms. The minimum atomic E-state index is -0.318. The number of rotatable bonds is 4. The van der Waals surface area contributed by atoms with Crippen LogP contribution in [0.25, 0.3) is 10.9 Å². The van der Waals surface area contributed by atoms with Gasteiger partial charge in [-0.3, -0.25) is 14.5 Å². The maximum atomic E-state index is 14.1. The summed E-state index contributed by atoms with van der Waals surface area (Å²) in [4.78, 5) is 29.6. The highest BCUT2D eigenvalue weighted by Gasteiger charge is 2.32. The molecule has 7 heteroatoms. The molecule has 1 saturated carbocycles. The van der Waals surface area contributed by atoms with Crippen molar-refractivity contribution in [2.45, 2.75) is 64.1 Å². The summed E-state index contributed by atoms with van der Waals surface area (Å²) in [6, 6.07) is 5.52. The van der Waals surface area contributed by atoms with Crippen LogP contribution in [-0.4, -0.2) is 52.9 Å². The number of benzene rings is 1. The van der Waals surface area contributed by atoms with E-state index in [0.29, 0.717) is 22.6 Å². The summed E-state index contributed by atoms with van der Waals surface area (Å²) in [6.07, 6.45) is 5.03. The van der Waals surface area contributed by atoms with E-state index >= 15 is 0 Å². The van der Waals surface area contributed by atoms with Crippen molar-refractivity contribution >= 4 is 22.7 Å². The topological polar surface area (TPSA) is 77.2 Å². The maximum absolute atomic E-state index is 14.1. The molecule has 1 aliphatic carbocycles. The summed E-state index contributed by atoms with van der Waals surface area (Å²) in [7, 11) is 0. The number of hydrogen-bond acceptors (Lipinski definition) is 3. The zero-order chi connectivity index (χ0) is 20.5. The molecule has 0 radical (unpaired) electrons. The third-order valence-electron chi connectivity index (χ3n) is 6.32. The van der Waals surface area contributed by atoms with Gasteiger partial charge in [0, 0.05) is 43.5 Å². The van der Waals surface area contributed by atoms with Gasteiger partial charge in [-0.1, -0.05) is 6.07 Å². The summed E-state index contributed by atoms with van der Waals surface area (Å²) in [5.74, 6) is -0.472. The molecule has 0 spiro atoms. The lowest BCUT2D eigenvalue weighted by molar-refractivity contribution is -0.119. The lowest BCUT2D eigenvalue weighted by Gasteiger charge is -2.35. The molecule has 2 aliphatic rings. The van der Waals surface area contributed by atoms with Crippen molar-refractivity contribution in [3.63, 3.8) is 0 Å². The van der Waals surface area contributed by atoms with E-state index in [1.807, 2.05) is 6.92 Å². The van der Waals surface area contributed by atoms with Gasteiger partial charge in [-0.15, -0.1) is 0 Å². The summed E-state index contributed by atoms with van der Waals surface area (Å²) in [6.45, 7) is 5.32. The van der Waals surface area contributed by atoms with Gasteiger partial charge in [-0.05, 0) is 56.7 Å². The fraction of sp³-hybridized carbons (Fsp3) is 0.545. The van der Waals surface area contributed by atoms with Gasteiger partial charge in [0.25, 0.3) is 5.91 Å². The number of fused-ring (bicyclic) bond motifs is 1. The van der Waals surface area contributed by atoms with Crippen molar-refractivity contribution in [2.24, 2.45) is 0 Å². The molecule has 3 atom stereocenters. The normalized spacial score (nSPS) is 25.3. The maximum Gasteiger partial charge on any atom is 0.267 e. The molecule has 1 aliphatic heterocycles. The zero-order valence-electron chi connectivity index (χ0n) is 17.1. The molecule has 2 amide bonds. The van der Waals surface area contributed by atoms with Gasteiger partial charge in [0.1, 0.15) is 11.5 Å². The number of halogens is 1. The summed E-state index contributed by atoms with van der Waals surface area (Å²) in [5.41, 5.74) is 2.00. The largest absolute Gasteiger partial charge is 0.352 e. The summed E-state index contributed by atoms with van der Waals surface area (Å²) >= 11 is 0. The quantitative estimate of drug-likeness (QED) is 0.739. The number of aromatic nitrogens is 1. The molecule has 3 N–H and O–H groups in total. The van der Waals surface area contributed by atoms with Crippen LogP contribution in [0.1, 0.15) is 55.1 Å². The Morgan fingerprint density at radius 2 is 2.00 bits per heavy atom. The van der Waals surface area contributed by atoms with Crippen molar-refractivity contribution in [1.29, 1.82) is 0 Å². The van der Waals surface area contributed by atoms with Crippen LogP contribution in [0.4, 0.5) is 4.39 Å². The monoisotopic (exact) mass is 400 g/mol. The molecule has 29 heavy (non-hydrogen) atoms. The van der Waals surface area contributed by atoms with E-state index in [2.05, 4.69) is 20.5 Å². The second kappa shape index (κ2) is 8.14. The Morgan fingerprint density at radius 3 is 2.76 bits per heavy atom. The predicted octanol–water partition coefficient (Wildman–Crippen LogP) is 2.87. The van der Waals surface area contributed by atoms with Gasteiger partial charge in [0.15, 0.2) is 0 Å². The Balaban J connectivity index is 1.38. The number of carbonyl (C=O) groups excluding carboxylic acids is 2. The number of nitrogens with one attached hydrogen (secondary N) is 3. The van der Waals surface area contributed by atoms with E-state index in [4.69, 9.17) is 0 Å².